The Hall–Kier alpha value is -2.40. The van der Waals surface area contributed by atoms with Crippen LogP contribution in [-0.4, -0.2) is 15.3 Å². The second kappa shape index (κ2) is 5.93. The largest absolute Gasteiger partial charge is 0.347 e. The predicted molar refractivity (Wildman–Crippen MR) is 85.1 cm³/mol. The Morgan fingerprint density at radius 2 is 2.33 bits per heavy atom. The number of nitrogens with zero attached hydrogens (tertiary/aromatic N) is 2. The molecule has 0 saturated heterocycles. The normalized spacial score (nSPS) is 11.3. The molecule has 5 heteroatoms. The van der Waals surface area contributed by atoms with E-state index in [-0.39, 0.29) is 5.91 Å². The van der Waals surface area contributed by atoms with Gasteiger partial charge in [-0.15, -0.1) is 0 Å². The molecule has 0 fully saturated rings. The molecular formula is C16H15N3OS. The van der Waals surface area contributed by atoms with Gasteiger partial charge in [0.15, 0.2) is 0 Å². The average molecular weight is 297 g/mol. The Morgan fingerprint density at radius 1 is 1.43 bits per heavy atom. The maximum atomic E-state index is 11.8. The van der Waals surface area contributed by atoms with E-state index in [2.05, 4.69) is 10.3 Å². The first-order valence-electron chi connectivity index (χ1n) is 6.64. The first-order chi connectivity index (χ1) is 10.2. The monoisotopic (exact) mass is 297 g/mol. The predicted octanol–water partition coefficient (Wildman–Crippen LogP) is 3.03. The molecule has 0 aromatic carbocycles. The van der Waals surface area contributed by atoms with Crippen molar-refractivity contribution in [2.75, 3.05) is 0 Å². The van der Waals surface area contributed by atoms with Gasteiger partial charge in [0.2, 0.25) is 5.91 Å². The first-order valence-corrected chi connectivity index (χ1v) is 7.58. The van der Waals surface area contributed by atoms with E-state index < -0.39 is 0 Å². The Morgan fingerprint density at radius 3 is 3.10 bits per heavy atom. The number of thiophene rings is 1. The Labute approximate surface area is 126 Å². The van der Waals surface area contributed by atoms with Gasteiger partial charge in [0, 0.05) is 18.0 Å². The third-order valence-corrected chi connectivity index (χ3v) is 3.86. The summed E-state index contributed by atoms with van der Waals surface area (Å²) in [6.45, 7) is 2.45. The van der Waals surface area contributed by atoms with Crippen LogP contribution in [0.25, 0.3) is 11.7 Å². The minimum absolute atomic E-state index is 0.116. The molecule has 0 aliphatic heterocycles. The Balaban J connectivity index is 1.63. The van der Waals surface area contributed by atoms with E-state index in [4.69, 9.17) is 0 Å². The van der Waals surface area contributed by atoms with Crippen molar-refractivity contribution in [3.8, 4) is 0 Å². The summed E-state index contributed by atoms with van der Waals surface area (Å²) in [6.07, 6.45) is 5.30. The summed E-state index contributed by atoms with van der Waals surface area (Å²) in [5, 5.41) is 6.82. The molecule has 1 amide bonds. The fraction of sp³-hybridized carbons (Fsp3) is 0.125. The number of fused-ring (bicyclic) bond motifs is 1. The van der Waals surface area contributed by atoms with Crippen molar-refractivity contribution in [2.45, 2.75) is 13.5 Å². The van der Waals surface area contributed by atoms with Gasteiger partial charge in [0.1, 0.15) is 5.65 Å². The lowest BCUT2D eigenvalue weighted by molar-refractivity contribution is -0.116. The highest BCUT2D eigenvalue weighted by Gasteiger charge is 2.04. The highest BCUT2D eigenvalue weighted by Crippen LogP contribution is 2.09. The van der Waals surface area contributed by atoms with Crippen molar-refractivity contribution in [3.63, 3.8) is 0 Å². The van der Waals surface area contributed by atoms with Gasteiger partial charge < -0.3 is 9.72 Å². The molecule has 3 aromatic heterocycles. The van der Waals surface area contributed by atoms with Crippen LogP contribution < -0.4 is 5.32 Å². The molecule has 106 valence electrons. The van der Waals surface area contributed by atoms with Crippen LogP contribution in [0.2, 0.25) is 0 Å². The van der Waals surface area contributed by atoms with Gasteiger partial charge in [-0.25, -0.2) is 4.98 Å². The molecule has 3 heterocycles. The number of carbonyl (C=O) groups is 1. The van der Waals surface area contributed by atoms with Gasteiger partial charge >= 0.3 is 0 Å². The molecule has 0 radical (unpaired) electrons. The maximum Gasteiger partial charge on any atom is 0.244 e. The van der Waals surface area contributed by atoms with E-state index in [0.29, 0.717) is 6.54 Å². The molecule has 0 aliphatic carbocycles. The lowest BCUT2D eigenvalue weighted by Crippen LogP contribution is -2.20. The number of carbonyl (C=O) groups excluding carboxylic acids is 1. The zero-order valence-corrected chi connectivity index (χ0v) is 12.4. The number of hydrogen-bond donors (Lipinski definition) is 1. The second-order valence-corrected chi connectivity index (χ2v) is 5.52. The van der Waals surface area contributed by atoms with Gasteiger partial charge in [0.05, 0.1) is 12.2 Å². The lowest BCUT2D eigenvalue weighted by Gasteiger charge is -1.98. The molecule has 0 spiro atoms. The molecule has 0 unspecified atom stereocenters. The van der Waals surface area contributed by atoms with Crippen LogP contribution >= 0.6 is 11.3 Å². The van der Waals surface area contributed by atoms with E-state index in [1.54, 1.807) is 23.5 Å². The molecule has 0 aliphatic rings. The summed E-state index contributed by atoms with van der Waals surface area (Å²) in [7, 11) is 0. The summed E-state index contributed by atoms with van der Waals surface area (Å²) in [6, 6.07) is 7.93. The van der Waals surface area contributed by atoms with Crippen LogP contribution in [0.15, 0.2) is 47.3 Å². The zero-order chi connectivity index (χ0) is 14.7. The van der Waals surface area contributed by atoms with Gasteiger partial charge in [-0.1, -0.05) is 6.07 Å². The van der Waals surface area contributed by atoms with Gasteiger partial charge in [-0.05, 0) is 47.5 Å². The van der Waals surface area contributed by atoms with E-state index in [9.17, 15) is 4.79 Å². The number of nitrogens with one attached hydrogen (secondary N) is 1. The number of rotatable bonds is 4. The Kier molecular flexibility index (Phi) is 3.83. The van der Waals surface area contributed by atoms with Crippen LogP contribution in [-0.2, 0) is 11.3 Å². The minimum Gasteiger partial charge on any atom is -0.347 e. The van der Waals surface area contributed by atoms with Gasteiger partial charge in [-0.3, -0.25) is 4.79 Å². The third-order valence-electron chi connectivity index (χ3n) is 3.16. The highest BCUT2D eigenvalue weighted by atomic mass is 32.1. The zero-order valence-electron chi connectivity index (χ0n) is 11.6. The smallest absolute Gasteiger partial charge is 0.244 e. The molecule has 3 aromatic rings. The minimum atomic E-state index is -0.116. The standard InChI is InChI=1S/C16H15N3OS/c1-12-3-2-4-15-18-14(10-19(12)15)9-17-16(20)6-5-13-7-8-21-11-13/h2-8,10-11H,9H2,1H3,(H,17,20)/b6-5-. The van der Waals surface area contributed by atoms with Crippen LogP contribution in [0.1, 0.15) is 17.0 Å². The average Bonchev–Trinajstić information content (AvgIpc) is 3.12. The molecule has 1 N–H and O–H groups in total. The number of hydrogen-bond acceptors (Lipinski definition) is 3. The molecule has 0 bridgehead atoms. The molecular weight excluding hydrogens is 282 g/mol. The molecule has 0 saturated carbocycles. The molecule has 21 heavy (non-hydrogen) atoms. The summed E-state index contributed by atoms with van der Waals surface area (Å²) in [5.41, 5.74) is 3.91. The topological polar surface area (TPSA) is 46.4 Å². The van der Waals surface area contributed by atoms with E-state index in [1.165, 1.54) is 0 Å². The number of aromatic nitrogens is 2. The highest BCUT2D eigenvalue weighted by molar-refractivity contribution is 7.08. The van der Waals surface area contributed by atoms with Crippen LogP contribution in [0.4, 0.5) is 0 Å². The molecule has 0 atom stereocenters. The van der Waals surface area contributed by atoms with Crippen molar-refractivity contribution < 1.29 is 4.79 Å². The first kappa shape index (κ1) is 13.6. The second-order valence-electron chi connectivity index (χ2n) is 4.74. The fourth-order valence-electron chi connectivity index (χ4n) is 2.06. The molecule has 3 rings (SSSR count). The quantitative estimate of drug-likeness (QED) is 0.752. The van der Waals surface area contributed by atoms with Gasteiger partial charge in [-0.2, -0.15) is 11.3 Å². The van der Waals surface area contributed by atoms with Crippen molar-refractivity contribution in [1.29, 1.82) is 0 Å². The van der Waals surface area contributed by atoms with Crippen molar-refractivity contribution in [1.82, 2.24) is 14.7 Å². The summed E-state index contributed by atoms with van der Waals surface area (Å²) in [5.74, 6) is -0.116. The summed E-state index contributed by atoms with van der Waals surface area (Å²) >= 11 is 1.61. The summed E-state index contributed by atoms with van der Waals surface area (Å²) in [4.78, 5) is 16.2. The van der Waals surface area contributed by atoms with Crippen LogP contribution in [0.3, 0.4) is 0 Å². The van der Waals surface area contributed by atoms with Gasteiger partial charge in [0.25, 0.3) is 0 Å². The van der Waals surface area contributed by atoms with E-state index in [1.807, 2.05) is 52.5 Å². The van der Waals surface area contributed by atoms with Crippen molar-refractivity contribution in [2.24, 2.45) is 0 Å². The fourth-order valence-corrected chi connectivity index (χ4v) is 2.69. The summed E-state index contributed by atoms with van der Waals surface area (Å²) < 4.78 is 2.02. The van der Waals surface area contributed by atoms with Crippen molar-refractivity contribution in [3.05, 3.63) is 64.2 Å². The lowest BCUT2D eigenvalue weighted by atomic mass is 10.3. The SMILES string of the molecule is Cc1cccc2nc(CNC(=O)/C=C\c3ccsc3)cn12. The number of imidazole rings is 1. The van der Waals surface area contributed by atoms with E-state index in [0.717, 1.165) is 22.6 Å². The van der Waals surface area contributed by atoms with Crippen LogP contribution in [0.5, 0.6) is 0 Å². The van der Waals surface area contributed by atoms with E-state index >= 15 is 0 Å². The maximum absolute atomic E-state index is 11.8. The Bertz CT molecular complexity index is 787. The number of aryl methyl sites for hydroxylation is 1. The number of amides is 1. The van der Waals surface area contributed by atoms with Crippen molar-refractivity contribution >= 4 is 29.0 Å². The third kappa shape index (κ3) is 3.20. The van der Waals surface area contributed by atoms with Crippen LogP contribution in [0, 0.1) is 6.92 Å². The number of pyridine rings is 1. The molecule has 4 nitrogen and oxygen atoms in total.